The molecule has 2 aromatic rings. The maximum absolute atomic E-state index is 11.3. The Morgan fingerprint density at radius 3 is 2.53 bits per heavy atom. The van der Waals surface area contributed by atoms with Gasteiger partial charge >= 0.3 is 5.97 Å². The summed E-state index contributed by atoms with van der Waals surface area (Å²) < 4.78 is 6.44. The molecule has 0 amide bonds. The summed E-state index contributed by atoms with van der Waals surface area (Å²) in [6.07, 6.45) is 3.27. The van der Waals surface area contributed by atoms with Crippen molar-refractivity contribution in [1.29, 1.82) is 0 Å². The summed E-state index contributed by atoms with van der Waals surface area (Å²) in [5.41, 5.74) is 7.10. The highest BCUT2D eigenvalue weighted by atomic mass is 16.5. The van der Waals surface area contributed by atoms with Gasteiger partial charge in [0.05, 0.1) is 18.4 Å². The number of hydrogen-bond donors (Lipinski definition) is 1. The molecule has 0 fully saturated rings. The number of nitrogens with two attached hydrogens (primary N) is 1. The van der Waals surface area contributed by atoms with E-state index in [4.69, 9.17) is 5.73 Å². The zero-order valence-electron chi connectivity index (χ0n) is 10.5. The third-order valence-electron chi connectivity index (χ3n) is 2.75. The van der Waals surface area contributed by atoms with Gasteiger partial charge in [-0.2, -0.15) is 0 Å². The van der Waals surface area contributed by atoms with Gasteiger partial charge in [-0.3, -0.25) is 4.79 Å². The highest BCUT2D eigenvalue weighted by Crippen LogP contribution is 2.08. The van der Waals surface area contributed by atoms with Gasteiger partial charge in [-0.25, -0.2) is 4.79 Å². The molecule has 0 saturated heterocycles. The van der Waals surface area contributed by atoms with Crippen molar-refractivity contribution >= 4 is 11.7 Å². The van der Waals surface area contributed by atoms with Gasteiger partial charge in [0.25, 0.3) is 0 Å². The number of anilines is 1. The van der Waals surface area contributed by atoms with Crippen LogP contribution in [0.1, 0.15) is 15.9 Å². The molecule has 0 radical (unpaired) electrons. The van der Waals surface area contributed by atoms with Crippen molar-refractivity contribution in [2.45, 2.75) is 6.54 Å². The lowest BCUT2D eigenvalue weighted by Gasteiger charge is -2.07. The third kappa shape index (κ3) is 3.01. The van der Waals surface area contributed by atoms with E-state index in [0.717, 1.165) is 5.56 Å². The van der Waals surface area contributed by atoms with Crippen LogP contribution in [-0.2, 0) is 11.3 Å². The molecule has 0 atom stereocenters. The van der Waals surface area contributed by atoms with Crippen molar-refractivity contribution in [2.24, 2.45) is 0 Å². The van der Waals surface area contributed by atoms with Crippen LogP contribution in [0, 0.1) is 0 Å². The predicted molar refractivity (Wildman–Crippen MR) is 72.0 cm³/mol. The zero-order valence-corrected chi connectivity index (χ0v) is 10.5. The molecule has 1 heterocycles. The molecular weight excluding hydrogens is 244 g/mol. The molecule has 0 saturated carbocycles. The largest absolute Gasteiger partial charge is 0.465 e. The predicted octanol–water partition coefficient (Wildman–Crippen LogP) is 1.27. The van der Waals surface area contributed by atoms with Gasteiger partial charge in [-0.05, 0) is 17.7 Å². The first-order valence-electron chi connectivity index (χ1n) is 5.73. The van der Waals surface area contributed by atoms with Gasteiger partial charge in [0, 0.05) is 25.0 Å². The smallest absolute Gasteiger partial charge is 0.337 e. The number of hydrogen-bond acceptors (Lipinski definition) is 4. The van der Waals surface area contributed by atoms with Crippen LogP contribution < -0.4 is 11.2 Å². The Kier molecular flexibility index (Phi) is 3.66. The van der Waals surface area contributed by atoms with Crippen molar-refractivity contribution in [2.75, 3.05) is 12.8 Å². The van der Waals surface area contributed by atoms with E-state index in [2.05, 4.69) is 4.74 Å². The van der Waals surface area contributed by atoms with E-state index in [-0.39, 0.29) is 17.1 Å². The number of aromatic nitrogens is 1. The summed E-state index contributed by atoms with van der Waals surface area (Å²) >= 11 is 0. The fourth-order valence-corrected chi connectivity index (χ4v) is 1.72. The number of rotatable bonds is 3. The van der Waals surface area contributed by atoms with Crippen molar-refractivity contribution in [3.63, 3.8) is 0 Å². The van der Waals surface area contributed by atoms with E-state index in [1.807, 2.05) is 16.7 Å². The maximum atomic E-state index is 11.3. The lowest BCUT2D eigenvalue weighted by molar-refractivity contribution is 0.0600. The lowest BCUT2D eigenvalue weighted by Crippen LogP contribution is -2.11. The van der Waals surface area contributed by atoms with Gasteiger partial charge in [0.2, 0.25) is 5.43 Å². The van der Waals surface area contributed by atoms with Gasteiger partial charge in [-0.15, -0.1) is 0 Å². The molecule has 0 unspecified atom stereocenters. The van der Waals surface area contributed by atoms with Gasteiger partial charge < -0.3 is 15.0 Å². The summed E-state index contributed by atoms with van der Waals surface area (Å²) in [4.78, 5) is 22.5. The van der Waals surface area contributed by atoms with Crippen LogP contribution in [0.2, 0.25) is 0 Å². The van der Waals surface area contributed by atoms with E-state index >= 15 is 0 Å². The molecule has 5 heteroatoms. The number of carbonyl (C=O) groups is 1. The van der Waals surface area contributed by atoms with Crippen molar-refractivity contribution in [1.82, 2.24) is 4.57 Å². The quantitative estimate of drug-likeness (QED) is 0.841. The summed E-state index contributed by atoms with van der Waals surface area (Å²) in [6.45, 7) is 0.575. The van der Waals surface area contributed by atoms with E-state index in [9.17, 15) is 9.59 Å². The topological polar surface area (TPSA) is 74.3 Å². The van der Waals surface area contributed by atoms with Crippen LogP contribution in [0.25, 0.3) is 0 Å². The van der Waals surface area contributed by atoms with Crippen LogP contribution in [0.3, 0.4) is 0 Å². The summed E-state index contributed by atoms with van der Waals surface area (Å²) in [5, 5.41) is 0. The monoisotopic (exact) mass is 258 g/mol. The van der Waals surface area contributed by atoms with Crippen molar-refractivity contribution in [3.8, 4) is 0 Å². The molecule has 0 aliphatic carbocycles. The first-order chi connectivity index (χ1) is 9.10. The Balaban J connectivity index is 2.17. The molecule has 5 nitrogen and oxygen atoms in total. The first-order valence-corrected chi connectivity index (χ1v) is 5.73. The second kappa shape index (κ2) is 5.39. The van der Waals surface area contributed by atoms with Crippen LogP contribution in [-0.4, -0.2) is 17.6 Å². The van der Waals surface area contributed by atoms with Crippen LogP contribution >= 0.6 is 0 Å². The van der Waals surface area contributed by atoms with Gasteiger partial charge in [0.15, 0.2) is 0 Å². The van der Waals surface area contributed by atoms with Gasteiger partial charge in [-0.1, -0.05) is 12.1 Å². The van der Waals surface area contributed by atoms with Crippen molar-refractivity contribution < 1.29 is 9.53 Å². The minimum Gasteiger partial charge on any atom is -0.465 e. The normalized spacial score (nSPS) is 10.2. The molecule has 2 N–H and O–H groups in total. The second-order valence-electron chi connectivity index (χ2n) is 4.13. The number of nitrogen functional groups attached to an aromatic ring is 1. The first kappa shape index (κ1) is 12.9. The Bertz CT molecular complexity index is 644. The number of esters is 1. The highest BCUT2D eigenvalue weighted by molar-refractivity contribution is 5.89. The summed E-state index contributed by atoms with van der Waals surface area (Å²) in [6, 6.07) is 8.50. The van der Waals surface area contributed by atoms with E-state index in [1.165, 1.54) is 13.2 Å². The number of benzene rings is 1. The van der Waals surface area contributed by atoms with Crippen LogP contribution in [0.15, 0.2) is 47.5 Å². The Morgan fingerprint density at radius 1 is 1.26 bits per heavy atom. The van der Waals surface area contributed by atoms with E-state index in [1.54, 1.807) is 24.5 Å². The van der Waals surface area contributed by atoms with Crippen LogP contribution in [0.4, 0.5) is 5.69 Å². The minimum absolute atomic E-state index is 0.183. The Morgan fingerprint density at radius 2 is 1.95 bits per heavy atom. The molecule has 19 heavy (non-hydrogen) atoms. The zero-order chi connectivity index (χ0) is 13.8. The summed E-state index contributed by atoms with van der Waals surface area (Å²) in [7, 11) is 1.35. The summed E-state index contributed by atoms with van der Waals surface area (Å²) in [5.74, 6) is -0.362. The molecule has 0 bridgehead atoms. The maximum Gasteiger partial charge on any atom is 0.337 e. The van der Waals surface area contributed by atoms with E-state index in [0.29, 0.717) is 12.1 Å². The SMILES string of the molecule is COC(=O)c1ccc(Cn2ccc(=O)c(N)c2)cc1. The number of ether oxygens (including phenoxy) is 1. The average Bonchev–Trinajstić information content (AvgIpc) is 2.43. The molecule has 0 spiro atoms. The van der Waals surface area contributed by atoms with Gasteiger partial charge in [0.1, 0.15) is 0 Å². The third-order valence-corrected chi connectivity index (χ3v) is 2.75. The molecule has 1 aromatic carbocycles. The second-order valence-corrected chi connectivity index (χ2v) is 4.13. The molecule has 0 aliphatic heterocycles. The molecular formula is C14H14N2O3. The Hall–Kier alpha value is -2.56. The molecule has 0 aliphatic rings. The highest BCUT2D eigenvalue weighted by Gasteiger charge is 2.04. The number of nitrogens with zero attached hydrogens (tertiary/aromatic N) is 1. The number of methoxy groups -OCH3 is 1. The molecule has 1 aromatic heterocycles. The standard InChI is InChI=1S/C14H14N2O3/c1-19-14(18)11-4-2-10(3-5-11)8-16-7-6-13(17)12(15)9-16/h2-7,9H,8,15H2,1H3. The number of pyridine rings is 1. The van der Waals surface area contributed by atoms with E-state index < -0.39 is 0 Å². The number of carbonyl (C=O) groups excluding carboxylic acids is 1. The van der Waals surface area contributed by atoms with Crippen LogP contribution in [0.5, 0.6) is 0 Å². The molecule has 2 rings (SSSR count). The molecule has 98 valence electrons. The van der Waals surface area contributed by atoms with Crippen molar-refractivity contribution in [3.05, 3.63) is 64.1 Å². The fraction of sp³-hybridized carbons (Fsp3) is 0.143. The fourth-order valence-electron chi connectivity index (χ4n) is 1.72. The average molecular weight is 258 g/mol. The Labute approximate surface area is 110 Å². The lowest BCUT2D eigenvalue weighted by atomic mass is 10.1. The minimum atomic E-state index is -0.362.